The molecule has 2 aromatic heterocycles. The zero-order valence-electron chi connectivity index (χ0n) is 17.0. The van der Waals surface area contributed by atoms with Crippen LogP contribution in [-0.2, 0) is 16.1 Å². The molecular weight excluding hydrogens is 406 g/mol. The molecule has 0 aliphatic carbocycles. The van der Waals surface area contributed by atoms with Crippen LogP contribution in [0.4, 0.5) is 5.69 Å². The summed E-state index contributed by atoms with van der Waals surface area (Å²) in [5.74, 6) is -0.977. The molecular formula is C21H21N3O5S. The number of esters is 1. The fourth-order valence-corrected chi connectivity index (χ4v) is 3.95. The van der Waals surface area contributed by atoms with Crippen LogP contribution < -0.4 is 10.9 Å². The van der Waals surface area contributed by atoms with Gasteiger partial charge in [-0.3, -0.25) is 19.0 Å². The van der Waals surface area contributed by atoms with Crippen molar-refractivity contribution in [3.8, 4) is 0 Å². The molecule has 0 radical (unpaired) electrons. The van der Waals surface area contributed by atoms with E-state index in [2.05, 4.69) is 10.3 Å². The van der Waals surface area contributed by atoms with Crippen LogP contribution in [0.5, 0.6) is 0 Å². The first-order valence-corrected chi connectivity index (χ1v) is 10.1. The molecule has 0 saturated heterocycles. The van der Waals surface area contributed by atoms with Gasteiger partial charge < -0.3 is 10.1 Å². The lowest BCUT2D eigenvalue weighted by molar-refractivity contribution is -0.114. The number of fused-ring (bicyclic) bond motifs is 1. The van der Waals surface area contributed by atoms with Crippen molar-refractivity contribution >= 4 is 44.9 Å². The van der Waals surface area contributed by atoms with Crippen molar-refractivity contribution in [1.82, 2.24) is 9.55 Å². The van der Waals surface area contributed by atoms with Crippen LogP contribution in [-0.4, -0.2) is 33.3 Å². The summed E-state index contributed by atoms with van der Waals surface area (Å²) in [6.45, 7) is 6.38. The minimum atomic E-state index is -0.494. The molecule has 3 rings (SSSR count). The van der Waals surface area contributed by atoms with Crippen LogP contribution in [0, 0.1) is 6.92 Å². The Kier molecular flexibility index (Phi) is 6.12. The number of aryl methyl sites for hydroxylation is 1. The summed E-state index contributed by atoms with van der Waals surface area (Å²) < 4.78 is 6.45. The molecule has 0 atom stereocenters. The number of amides is 1. The van der Waals surface area contributed by atoms with Crippen LogP contribution in [0.2, 0.25) is 0 Å². The van der Waals surface area contributed by atoms with E-state index in [9.17, 15) is 19.2 Å². The van der Waals surface area contributed by atoms with Gasteiger partial charge >= 0.3 is 5.97 Å². The number of anilines is 1. The minimum absolute atomic E-state index is 0.192. The molecule has 0 bridgehead atoms. The van der Waals surface area contributed by atoms with Gasteiger partial charge in [-0.05, 0) is 50.6 Å². The van der Waals surface area contributed by atoms with E-state index in [-0.39, 0.29) is 29.9 Å². The number of carbonyl (C=O) groups is 3. The summed E-state index contributed by atoms with van der Waals surface area (Å²) in [5.41, 5.74) is 1.09. The second-order valence-electron chi connectivity index (χ2n) is 7.05. The number of carbonyl (C=O) groups excluding carboxylic acids is 3. The number of thiophene rings is 1. The van der Waals surface area contributed by atoms with Gasteiger partial charge in [0, 0.05) is 18.2 Å². The maximum atomic E-state index is 12.9. The number of Topliss-reactive ketones (excluding diaryl/α,β-unsaturated/α-hetero) is 1. The first-order valence-electron chi connectivity index (χ1n) is 9.27. The summed E-state index contributed by atoms with van der Waals surface area (Å²) >= 11 is 1.10. The van der Waals surface area contributed by atoms with E-state index in [4.69, 9.17) is 4.74 Å². The smallest absolute Gasteiger partial charge is 0.348 e. The normalized spacial score (nSPS) is 11.0. The van der Waals surface area contributed by atoms with Gasteiger partial charge in [-0.2, -0.15) is 0 Å². The second kappa shape index (κ2) is 8.58. The molecule has 8 nitrogen and oxygen atoms in total. The van der Waals surface area contributed by atoms with Crippen LogP contribution in [0.3, 0.4) is 0 Å². The van der Waals surface area contributed by atoms with E-state index >= 15 is 0 Å². The number of ether oxygens (including phenoxy) is 1. The minimum Gasteiger partial charge on any atom is -0.459 e. The molecule has 0 spiro atoms. The molecule has 0 unspecified atom stereocenters. The van der Waals surface area contributed by atoms with Crippen LogP contribution in [0.15, 0.2) is 35.4 Å². The van der Waals surface area contributed by atoms with Crippen molar-refractivity contribution in [3.05, 3.63) is 57.0 Å². The lowest BCUT2D eigenvalue weighted by Crippen LogP contribution is -2.24. The Hall–Kier alpha value is -3.33. The molecule has 1 aromatic carbocycles. The van der Waals surface area contributed by atoms with Gasteiger partial charge in [-0.15, -0.1) is 11.3 Å². The number of nitrogens with one attached hydrogen (secondary N) is 1. The van der Waals surface area contributed by atoms with Crippen molar-refractivity contribution in [3.63, 3.8) is 0 Å². The van der Waals surface area contributed by atoms with Gasteiger partial charge in [-0.25, -0.2) is 9.78 Å². The Morgan fingerprint density at radius 2 is 1.87 bits per heavy atom. The third-order valence-electron chi connectivity index (χ3n) is 4.29. The van der Waals surface area contributed by atoms with Gasteiger partial charge in [0.1, 0.15) is 9.71 Å². The van der Waals surface area contributed by atoms with Crippen molar-refractivity contribution in [2.45, 2.75) is 40.3 Å². The highest BCUT2D eigenvalue weighted by atomic mass is 32.1. The molecule has 0 aliphatic heterocycles. The second-order valence-corrected chi connectivity index (χ2v) is 8.05. The zero-order valence-corrected chi connectivity index (χ0v) is 17.8. The Labute approximate surface area is 176 Å². The predicted molar refractivity (Wildman–Crippen MR) is 114 cm³/mol. The quantitative estimate of drug-likeness (QED) is 0.478. The Balaban J connectivity index is 1.88. The molecule has 30 heavy (non-hydrogen) atoms. The lowest BCUT2D eigenvalue weighted by atomic mass is 10.1. The number of nitrogens with zero attached hydrogens (tertiary/aromatic N) is 2. The number of rotatable bonds is 6. The van der Waals surface area contributed by atoms with Crippen molar-refractivity contribution < 1.29 is 19.1 Å². The average molecular weight is 427 g/mol. The Bertz CT molecular complexity index is 1190. The van der Waals surface area contributed by atoms with Crippen LogP contribution in [0.25, 0.3) is 10.2 Å². The molecule has 156 valence electrons. The van der Waals surface area contributed by atoms with Crippen molar-refractivity contribution in [1.29, 1.82) is 0 Å². The van der Waals surface area contributed by atoms with Crippen LogP contribution >= 0.6 is 11.3 Å². The highest BCUT2D eigenvalue weighted by molar-refractivity contribution is 7.20. The molecule has 3 aromatic rings. The summed E-state index contributed by atoms with van der Waals surface area (Å²) in [6.07, 6.45) is 1.03. The standard InChI is InChI=1S/C21H21N3O5S/c1-11(2)29-21(28)18-12(3)17-19(30-18)22-10-24(20(17)27)9-16(26)14-5-7-15(8-6-14)23-13(4)25/h5-8,10-11H,9H2,1-4H3,(H,23,25). The number of benzene rings is 1. The number of aromatic nitrogens is 2. The molecule has 0 saturated carbocycles. The summed E-state index contributed by atoms with van der Waals surface area (Å²) in [4.78, 5) is 53.9. The molecule has 9 heteroatoms. The number of hydrogen-bond donors (Lipinski definition) is 1. The number of ketones is 1. The van der Waals surface area contributed by atoms with E-state index in [1.165, 1.54) is 17.8 Å². The highest BCUT2D eigenvalue weighted by Gasteiger charge is 2.21. The number of hydrogen-bond acceptors (Lipinski definition) is 7. The monoisotopic (exact) mass is 427 g/mol. The third-order valence-corrected chi connectivity index (χ3v) is 5.47. The average Bonchev–Trinajstić information content (AvgIpc) is 3.01. The van der Waals surface area contributed by atoms with Crippen molar-refractivity contribution in [2.24, 2.45) is 0 Å². The highest BCUT2D eigenvalue weighted by Crippen LogP contribution is 2.27. The molecule has 1 N–H and O–H groups in total. The largest absolute Gasteiger partial charge is 0.459 e. The van der Waals surface area contributed by atoms with Gasteiger partial charge in [-0.1, -0.05) is 0 Å². The SMILES string of the molecule is CC(=O)Nc1ccc(C(=O)Cn2cnc3sc(C(=O)OC(C)C)c(C)c3c2=O)cc1. The molecule has 1 amide bonds. The van der Waals surface area contributed by atoms with E-state index in [0.29, 0.717) is 31.9 Å². The van der Waals surface area contributed by atoms with E-state index in [1.807, 2.05) is 0 Å². The molecule has 0 aliphatic rings. The van der Waals surface area contributed by atoms with E-state index < -0.39 is 5.97 Å². The maximum absolute atomic E-state index is 12.9. The first kappa shape index (κ1) is 21.4. The van der Waals surface area contributed by atoms with E-state index in [0.717, 1.165) is 11.3 Å². The third kappa shape index (κ3) is 4.46. The van der Waals surface area contributed by atoms with Crippen LogP contribution in [0.1, 0.15) is 46.4 Å². The van der Waals surface area contributed by atoms with Gasteiger partial charge in [0.2, 0.25) is 5.91 Å². The topological polar surface area (TPSA) is 107 Å². The fraction of sp³-hybridized carbons (Fsp3) is 0.286. The summed E-state index contributed by atoms with van der Waals surface area (Å²) in [5, 5.41) is 2.94. The Morgan fingerprint density at radius 3 is 2.47 bits per heavy atom. The first-order chi connectivity index (χ1) is 14.2. The van der Waals surface area contributed by atoms with E-state index in [1.54, 1.807) is 45.0 Å². The fourth-order valence-electron chi connectivity index (χ4n) is 2.92. The van der Waals surface area contributed by atoms with Crippen molar-refractivity contribution in [2.75, 3.05) is 5.32 Å². The molecule has 2 heterocycles. The maximum Gasteiger partial charge on any atom is 0.348 e. The zero-order chi connectivity index (χ0) is 22.0. The molecule has 0 fully saturated rings. The summed E-state index contributed by atoms with van der Waals surface area (Å²) in [6, 6.07) is 6.41. The van der Waals surface area contributed by atoms with Gasteiger partial charge in [0.15, 0.2) is 5.78 Å². The van der Waals surface area contributed by atoms with Gasteiger partial charge in [0.25, 0.3) is 5.56 Å². The predicted octanol–water partition coefficient (Wildman–Crippen LogP) is 3.17. The van der Waals surface area contributed by atoms with Gasteiger partial charge in [0.05, 0.1) is 24.4 Å². The summed E-state index contributed by atoms with van der Waals surface area (Å²) in [7, 11) is 0. The Morgan fingerprint density at radius 1 is 1.20 bits per heavy atom. The lowest BCUT2D eigenvalue weighted by Gasteiger charge is -2.07.